The fourth-order valence-electron chi connectivity index (χ4n) is 1.93. The van der Waals surface area contributed by atoms with Gasteiger partial charge in [-0.2, -0.15) is 0 Å². The summed E-state index contributed by atoms with van der Waals surface area (Å²) in [5.74, 6) is -0.643. The van der Waals surface area contributed by atoms with E-state index < -0.39 is 10.9 Å². The fraction of sp³-hybridized carbons (Fsp3) is 0. The largest absolute Gasteiger partial charge is 0.415 e. The maximum atomic E-state index is 12.1. The Morgan fingerprint density at radius 2 is 1.81 bits per heavy atom. The third-order valence-electron chi connectivity index (χ3n) is 2.89. The van der Waals surface area contributed by atoms with E-state index in [2.05, 4.69) is 0 Å². The molecule has 3 aromatic rings. The number of nitro groups is 1. The first kappa shape index (κ1) is 13.3. The third-order valence-corrected chi connectivity index (χ3v) is 3.99. The van der Waals surface area contributed by atoms with Crippen LogP contribution in [0.15, 0.2) is 54.6 Å². The van der Waals surface area contributed by atoms with Gasteiger partial charge in [-0.25, -0.2) is 4.79 Å². The number of nitrogens with zero attached hydrogens (tertiary/aromatic N) is 1. The number of benzene rings is 2. The highest BCUT2D eigenvalue weighted by molar-refractivity contribution is 7.20. The van der Waals surface area contributed by atoms with Gasteiger partial charge in [0.1, 0.15) is 4.88 Å². The topological polar surface area (TPSA) is 69.4 Å². The highest BCUT2D eigenvalue weighted by Gasteiger charge is 2.19. The molecule has 5 nitrogen and oxygen atoms in total. The van der Waals surface area contributed by atoms with E-state index in [1.807, 2.05) is 24.3 Å². The summed E-state index contributed by atoms with van der Waals surface area (Å²) >= 11 is 1.29. The van der Waals surface area contributed by atoms with Crippen LogP contribution in [0.25, 0.3) is 10.1 Å². The van der Waals surface area contributed by atoms with E-state index in [9.17, 15) is 14.9 Å². The number of esters is 1. The van der Waals surface area contributed by atoms with Gasteiger partial charge in [0.05, 0.1) is 4.92 Å². The lowest BCUT2D eigenvalue weighted by atomic mass is 10.2. The first-order valence-corrected chi connectivity index (χ1v) is 6.91. The van der Waals surface area contributed by atoms with Crippen LogP contribution < -0.4 is 4.74 Å². The minimum atomic E-state index is -0.592. The molecular formula is C15H9NO4S. The zero-order chi connectivity index (χ0) is 14.8. The molecular weight excluding hydrogens is 290 g/mol. The molecule has 0 aliphatic carbocycles. The summed E-state index contributed by atoms with van der Waals surface area (Å²) in [4.78, 5) is 22.9. The molecule has 21 heavy (non-hydrogen) atoms. The van der Waals surface area contributed by atoms with Crippen LogP contribution in [-0.2, 0) is 0 Å². The Balaban J connectivity index is 1.91. The molecule has 0 spiro atoms. The molecule has 1 aromatic heterocycles. The maximum absolute atomic E-state index is 12.1. The zero-order valence-corrected chi connectivity index (χ0v) is 11.5. The Morgan fingerprint density at radius 3 is 2.57 bits per heavy atom. The number of nitro benzene ring substituents is 1. The molecule has 0 saturated heterocycles. The lowest BCUT2D eigenvalue weighted by Crippen LogP contribution is -2.07. The Morgan fingerprint density at radius 1 is 1.10 bits per heavy atom. The van der Waals surface area contributed by atoms with Gasteiger partial charge in [0, 0.05) is 10.8 Å². The minimum absolute atomic E-state index is 0.0510. The Hall–Kier alpha value is -2.73. The van der Waals surface area contributed by atoms with Crippen molar-refractivity contribution in [3.63, 3.8) is 0 Å². The highest BCUT2D eigenvalue weighted by Crippen LogP contribution is 2.29. The number of carbonyl (C=O) groups excluding carboxylic acids is 1. The van der Waals surface area contributed by atoms with Crippen LogP contribution >= 0.6 is 11.3 Å². The maximum Gasteiger partial charge on any atom is 0.353 e. The first-order chi connectivity index (χ1) is 10.1. The molecule has 0 fully saturated rings. The summed E-state index contributed by atoms with van der Waals surface area (Å²) < 4.78 is 6.12. The standard InChI is InChI=1S/C15H9NO4S/c17-15(14-9-10-5-1-4-8-13(10)21-14)20-12-7-3-2-6-11(12)16(18)19/h1-9H. The Bertz CT molecular complexity index is 807. The van der Waals surface area contributed by atoms with E-state index >= 15 is 0 Å². The number of fused-ring (bicyclic) bond motifs is 1. The van der Waals surface area contributed by atoms with Gasteiger partial charge in [0.15, 0.2) is 0 Å². The first-order valence-electron chi connectivity index (χ1n) is 6.09. The van der Waals surface area contributed by atoms with Crippen molar-refractivity contribution in [2.24, 2.45) is 0 Å². The van der Waals surface area contributed by atoms with Crippen LogP contribution in [0.3, 0.4) is 0 Å². The van der Waals surface area contributed by atoms with E-state index in [4.69, 9.17) is 4.74 Å². The second-order valence-corrected chi connectivity index (χ2v) is 5.35. The number of rotatable bonds is 3. The van der Waals surface area contributed by atoms with E-state index in [1.54, 1.807) is 12.1 Å². The lowest BCUT2D eigenvalue weighted by molar-refractivity contribution is -0.385. The highest BCUT2D eigenvalue weighted by atomic mass is 32.1. The zero-order valence-electron chi connectivity index (χ0n) is 10.7. The molecule has 0 bridgehead atoms. The van der Waals surface area contributed by atoms with Crippen molar-refractivity contribution in [3.8, 4) is 5.75 Å². The quantitative estimate of drug-likeness (QED) is 0.317. The van der Waals surface area contributed by atoms with Crippen molar-refractivity contribution < 1.29 is 14.5 Å². The van der Waals surface area contributed by atoms with Gasteiger partial charge in [-0.3, -0.25) is 10.1 Å². The lowest BCUT2D eigenvalue weighted by Gasteiger charge is -2.02. The third kappa shape index (κ3) is 2.61. The van der Waals surface area contributed by atoms with Gasteiger partial charge in [0.25, 0.3) is 0 Å². The molecule has 0 aliphatic rings. The molecule has 6 heteroatoms. The summed E-state index contributed by atoms with van der Waals surface area (Å²) in [5.41, 5.74) is -0.230. The van der Waals surface area contributed by atoms with Crippen LogP contribution in [0.2, 0.25) is 0 Å². The Labute approximate surface area is 123 Å². The number of ether oxygens (including phenoxy) is 1. The number of hydrogen-bond donors (Lipinski definition) is 0. The number of para-hydroxylation sites is 2. The summed E-state index contributed by atoms with van der Waals surface area (Å²) in [6.07, 6.45) is 0. The second-order valence-electron chi connectivity index (χ2n) is 4.26. The molecule has 0 radical (unpaired) electrons. The molecule has 0 aliphatic heterocycles. The average molecular weight is 299 g/mol. The van der Waals surface area contributed by atoms with Crippen molar-refractivity contribution in [2.45, 2.75) is 0 Å². The van der Waals surface area contributed by atoms with Gasteiger partial charge in [-0.1, -0.05) is 30.3 Å². The SMILES string of the molecule is O=C(Oc1ccccc1[N+](=O)[O-])c1cc2ccccc2s1. The summed E-state index contributed by atoms with van der Waals surface area (Å²) in [6, 6.07) is 15.1. The predicted octanol–water partition coefficient (Wildman–Crippen LogP) is 4.03. The van der Waals surface area contributed by atoms with Crippen LogP contribution in [0.1, 0.15) is 9.67 Å². The van der Waals surface area contributed by atoms with E-state index in [0.717, 1.165) is 10.1 Å². The summed E-state index contributed by atoms with van der Waals surface area (Å²) in [6.45, 7) is 0. The molecule has 2 aromatic carbocycles. The number of thiophene rings is 1. The van der Waals surface area contributed by atoms with Crippen LogP contribution in [-0.4, -0.2) is 10.9 Å². The van der Waals surface area contributed by atoms with E-state index in [1.165, 1.54) is 29.5 Å². The minimum Gasteiger partial charge on any atom is -0.415 e. The molecule has 1 heterocycles. The second kappa shape index (κ2) is 5.34. The van der Waals surface area contributed by atoms with Gasteiger partial charge < -0.3 is 4.74 Å². The monoisotopic (exact) mass is 299 g/mol. The van der Waals surface area contributed by atoms with Crippen molar-refractivity contribution in [1.29, 1.82) is 0 Å². The van der Waals surface area contributed by atoms with E-state index in [-0.39, 0.29) is 11.4 Å². The van der Waals surface area contributed by atoms with Crippen LogP contribution in [0, 0.1) is 10.1 Å². The number of hydrogen-bond acceptors (Lipinski definition) is 5. The predicted molar refractivity (Wildman–Crippen MR) is 79.9 cm³/mol. The molecule has 0 atom stereocenters. The molecule has 0 unspecified atom stereocenters. The van der Waals surface area contributed by atoms with Crippen molar-refractivity contribution >= 4 is 33.1 Å². The smallest absolute Gasteiger partial charge is 0.353 e. The molecule has 104 valence electrons. The van der Waals surface area contributed by atoms with Crippen LogP contribution in [0.4, 0.5) is 5.69 Å². The summed E-state index contributed by atoms with van der Waals surface area (Å²) in [7, 11) is 0. The molecule has 0 saturated carbocycles. The molecule has 0 amide bonds. The van der Waals surface area contributed by atoms with Gasteiger partial charge in [-0.05, 0) is 23.6 Å². The van der Waals surface area contributed by atoms with Gasteiger partial charge in [-0.15, -0.1) is 11.3 Å². The van der Waals surface area contributed by atoms with Gasteiger partial charge in [0.2, 0.25) is 5.75 Å². The van der Waals surface area contributed by atoms with Crippen molar-refractivity contribution in [1.82, 2.24) is 0 Å². The molecule has 3 rings (SSSR count). The number of carbonyl (C=O) groups is 1. The normalized spacial score (nSPS) is 10.5. The average Bonchev–Trinajstić information content (AvgIpc) is 2.91. The van der Waals surface area contributed by atoms with Gasteiger partial charge >= 0.3 is 11.7 Å². The molecule has 0 N–H and O–H groups in total. The van der Waals surface area contributed by atoms with Crippen molar-refractivity contribution in [3.05, 3.63) is 69.6 Å². The Kier molecular flexibility index (Phi) is 3.37. The van der Waals surface area contributed by atoms with Crippen LogP contribution in [0.5, 0.6) is 5.75 Å². The van der Waals surface area contributed by atoms with E-state index in [0.29, 0.717) is 4.88 Å². The fourth-order valence-corrected chi connectivity index (χ4v) is 2.87. The van der Waals surface area contributed by atoms with Crippen molar-refractivity contribution in [2.75, 3.05) is 0 Å². The summed E-state index contributed by atoms with van der Waals surface area (Å²) in [5, 5.41) is 11.8.